The number of halogens is 2. The van der Waals surface area contributed by atoms with Gasteiger partial charge in [0.1, 0.15) is 0 Å². The first-order valence-corrected chi connectivity index (χ1v) is 8.26. The second-order valence-electron chi connectivity index (χ2n) is 5.60. The van der Waals surface area contributed by atoms with E-state index in [4.69, 9.17) is 32.7 Å². The van der Waals surface area contributed by atoms with Crippen molar-refractivity contribution in [3.63, 3.8) is 0 Å². The van der Waals surface area contributed by atoms with Crippen molar-refractivity contribution in [3.8, 4) is 11.5 Å². The van der Waals surface area contributed by atoms with Crippen molar-refractivity contribution in [2.45, 2.75) is 13.5 Å². The lowest BCUT2D eigenvalue weighted by Gasteiger charge is -2.14. The number of aromatic nitrogens is 2. The van der Waals surface area contributed by atoms with Gasteiger partial charge in [0.05, 0.1) is 43.0 Å². The molecule has 7 heteroatoms. The Kier molecular flexibility index (Phi) is 4.88. The summed E-state index contributed by atoms with van der Waals surface area (Å²) >= 11 is 12.1. The molecule has 0 amide bonds. The molecular formula is C18H16Cl2N2O3. The molecule has 0 spiro atoms. The van der Waals surface area contributed by atoms with E-state index in [1.54, 1.807) is 26.4 Å². The molecule has 0 saturated carbocycles. The number of hydrogen-bond acceptors (Lipinski definition) is 4. The molecule has 0 aliphatic rings. The Hall–Kier alpha value is -2.24. The van der Waals surface area contributed by atoms with Gasteiger partial charge in [-0.15, -0.1) is 0 Å². The van der Waals surface area contributed by atoms with Gasteiger partial charge in [-0.05, 0) is 42.3 Å². The monoisotopic (exact) mass is 378 g/mol. The molecular weight excluding hydrogens is 363 g/mol. The fourth-order valence-electron chi connectivity index (χ4n) is 2.68. The zero-order valence-electron chi connectivity index (χ0n) is 14.0. The standard InChI is InChI=1S/C18H16Cl2N2O3/c1-10-4-15(24-2)16(25-3)5-11(10)8-22-9-21-17-13(18(22)23)6-12(19)7-14(17)20/h4-7,9H,8H2,1-3H3. The van der Waals surface area contributed by atoms with Crippen LogP contribution < -0.4 is 15.0 Å². The molecule has 1 aromatic heterocycles. The van der Waals surface area contributed by atoms with E-state index in [0.29, 0.717) is 39.0 Å². The highest BCUT2D eigenvalue weighted by molar-refractivity contribution is 6.38. The third-order valence-electron chi connectivity index (χ3n) is 4.03. The summed E-state index contributed by atoms with van der Waals surface area (Å²) in [6.45, 7) is 2.29. The van der Waals surface area contributed by atoms with Gasteiger partial charge in [-0.1, -0.05) is 23.2 Å². The Bertz CT molecular complexity index is 1020. The van der Waals surface area contributed by atoms with Gasteiger partial charge in [0.25, 0.3) is 5.56 Å². The molecule has 130 valence electrons. The van der Waals surface area contributed by atoms with Crippen molar-refractivity contribution in [2.75, 3.05) is 14.2 Å². The van der Waals surface area contributed by atoms with Gasteiger partial charge in [0.15, 0.2) is 11.5 Å². The van der Waals surface area contributed by atoms with Crippen LogP contribution in [0.4, 0.5) is 0 Å². The first-order chi connectivity index (χ1) is 11.9. The summed E-state index contributed by atoms with van der Waals surface area (Å²) in [6.07, 6.45) is 1.49. The fourth-order valence-corrected chi connectivity index (χ4v) is 3.23. The van der Waals surface area contributed by atoms with Crippen molar-refractivity contribution < 1.29 is 9.47 Å². The molecule has 25 heavy (non-hydrogen) atoms. The minimum absolute atomic E-state index is 0.205. The summed E-state index contributed by atoms with van der Waals surface area (Å²) in [5, 5.41) is 1.14. The Balaban J connectivity index is 2.10. The minimum Gasteiger partial charge on any atom is -0.493 e. The Labute approximate surface area is 154 Å². The molecule has 0 fully saturated rings. The van der Waals surface area contributed by atoms with E-state index in [2.05, 4.69) is 4.98 Å². The third-order valence-corrected chi connectivity index (χ3v) is 4.53. The quantitative estimate of drug-likeness (QED) is 0.686. The number of methoxy groups -OCH3 is 2. The minimum atomic E-state index is -0.205. The van der Waals surface area contributed by atoms with E-state index in [0.717, 1.165) is 11.1 Å². The van der Waals surface area contributed by atoms with Crippen LogP contribution in [0.2, 0.25) is 10.0 Å². The van der Waals surface area contributed by atoms with Crippen LogP contribution in [0, 0.1) is 6.92 Å². The molecule has 0 unspecified atom stereocenters. The number of aryl methyl sites for hydroxylation is 1. The van der Waals surface area contributed by atoms with E-state index in [1.807, 2.05) is 19.1 Å². The summed E-state index contributed by atoms with van der Waals surface area (Å²) in [5.41, 5.74) is 2.14. The zero-order chi connectivity index (χ0) is 18.1. The molecule has 5 nitrogen and oxygen atoms in total. The smallest absolute Gasteiger partial charge is 0.261 e. The normalized spacial score (nSPS) is 10.9. The van der Waals surface area contributed by atoms with Crippen LogP contribution in [0.1, 0.15) is 11.1 Å². The molecule has 0 radical (unpaired) electrons. The summed E-state index contributed by atoms with van der Waals surface area (Å²) in [7, 11) is 3.16. The largest absolute Gasteiger partial charge is 0.493 e. The number of ether oxygens (including phenoxy) is 2. The van der Waals surface area contributed by atoms with Crippen molar-refractivity contribution in [1.29, 1.82) is 0 Å². The SMILES string of the molecule is COc1cc(C)c(Cn2cnc3c(Cl)cc(Cl)cc3c2=O)cc1OC. The summed E-state index contributed by atoms with van der Waals surface area (Å²) in [6, 6.07) is 6.88. The molecule has 3 aromatic rings. The maximum atomic E-state index is 12.8. The second kappa shape index (κ2) is 6.94. The van der Waals surface area contributed by atoms with Gasteiger partial charge in [-0.25, -0.2) is 4.98 Å². The third kappa shape index (κ3) is 3.30. The molecule has 2 aromatic carbocycles. The molecule has 0 aliphatic carbocycles. The second-order valence-corrected chi connectivity index (χ2v) is 6.44. The average molecular weight is 379 g/mol. The van der Waals surface area contributed by atoms with Crippen LogP contribution in [-0.2, 0) is 6.54 Å². The lowest BCUT2D eigenvalue weighted by atomic mass is 10.1. The molecule has 0 atom stereocenters. The summed E-state index contributed by atoms with van der Waals surface area (Å²) < 4.78 is 12.2. The topological polar surface area (TPSA) is 53.4 Å². The molecule has 3 rings (SSSR count). The highest BCUT2D eigenvalue weighted by atomic mass is 35.5. The van der Waals surface area contributed by atoms with E-state index in [-0.39, 0.29) is 5.56 Å². The maximum Gasteiger partial charge on any atom is 0.261 e. The van der Waals surface area contributed by atoms with Crippen LogP contribution in [0.3, 0.4) is 0 Å². The van der Waals surface area contributed by atoms with Gasteiger partial charge in [0.2, 0.25) is 0 Å². The summed E-state index contributed by atoms with van der Waals surface area (Å²) in [4.78, 5) is 17.1. The fraction of sp³-hybridized carbons (Fsp3) is 0.222. The van der Waals surface area contributed by atoms with Crippen LogP contribution in [-0.4, -0.2) is 23.8 Å². The van der Waals surface area contributed by atoms with Gasteiger partial charge in [0, 0.05) is 5.02 Å². The van der Waals surface area contributed by atoms with Crippen molar-refractivity contribution in [3.05, 3.63) is 62.1 Å². The Morgan fingerprint density at radius 3 is 2.44 bits per heavy atom. The first-order valence-electron chi connectivity index (χ1n) is 7.50. The number of fused-ring (bicyclic) bond motifs is 1. The van der Waals surface area contributed by atoms with Crippen molar-refractivity contribution in [1.82, 2.24) is 9.55 Å². The molecule has 0 N–H and O–H groups in total. The van der Waals surface area contributed by atoms with Gasteiger partial charge in [-0.3, -0.25) is 9.36 Å². The maximum absolute atomic E-state index is 12.8. The van der Waals surface area contributed by atoms with Crippen LogP contribution in [0.15, 0.2) is 35.4 Å². The van der Waals surface area contributed by atoms with Crippen molar-refractivity contribution in [2.24, 2.45) is 0 Å². The molecule has 0 aliphatic heterocycles. The predicted octanol–water partition coefficient (Wildman–Crippen LogP) is 4.08. The lowest BCUT2D eigenvalue weighted by molar-refractivity contribution is 0.354. The number of nitrogens with zero attached hydrogens (tertiary/aromatic N) is 2. The van der Waals surface area contributed by atoms with E-state index in [1.165, 1.54) is 10.9 Å². The lowest BCUT2D eigenvalue weighted by Crippen LogP contribution is -2.21. The van der Waals surface area contributed by atoms with E-state index in [9.17, 15) is 4.79 Å². The molecule has 0 saturated heterocycles. The molecule has 1 heterocycles. The summed E-state index contributed by atoms with van der Waals surface area (Å²) in [5.74, 6) is 1.25. The van der Waals surface area contributed by atoms with Gasteiger partial charge in [-0.2, -0.15) is 0 Å². The zero-order valence-corrected chi connectivity index (χ0v) is 15.5. The Morgan fingerprint density at radius 1 is 1.08 bits per heavy atom. The molecule has 0 bridgehead atoms. The van der Waals surface area contributed by atoms with Crippen LogP contribution >= 0.6 is 23.2 Å². The number of benzene rings is 2. The first kappa shape index (κ1) is 17.6. The Morgan fingerprint density at radius 2 is 1.76 bits per heavy atom. The predicted molar refractivity (Wildman–Crippen MR) is 99.4 cm³/mol. The number of hydrogen-bond donors (Lipinski definition) is 0. The van der Waals surface area contributed by atoms with E-state index >= 15 is 0 Å². The number of rotatable bonds is 4. The highest BCUT2D eigenvalue weighted by Gasteiger charge is 2.12. The van der Waals surface area contributed by atoms with Gasteiger partial charge < -0.3 is 9.47 Å². The highest BCUT2D eigenvalue weighted by Crippen LogP contribution is 2.30. The van der Waals surface area contributed by atoms with Crippen LogP contribution in [0.25, 0.3) is 10.9 Å². The van der Waals surface area contributed by atoms with Gasteiger partial charge >= 0.3 is 0 Å². The average Bonchev–Trinajstić information content (AvgIpc) is 2.58. The van der Waals surface area contributed by atoms with Crippen LogP contribution in [0.5, 0.6) is 11.5 Å². The van der Waals surface area contributed by atoms with E-state index < -0.39 is 0 Å². The van der Waals surface area contributed by atoms with Crippen molar-refractivity contribution >= 4 is 34.1 Å².